The first kappa shape index (κ1) is 23.0. The number of nitrogens with one attached hydrogen (secondary N) is 2. The molecule has 1 saturated heterocycles. The van der Waals surface area contributed by atoms with Crippen molar-refractivity contribution >= 4 is 44.8 Å². The Hall–Kier alpha value is -3.17. The Balaban J connectivity index is 1.48. The van der Waals surface area contributed by atoms with Crippen molar-refractivity contribution in [3.05, 3.63) is 76.5 Å². The number of sulfone groups is 1. The molecule has 33 heavy (non-hydrogen) atoms. The summed E-state index contributed by atoms with van der Waals surface area (Å²) < 4.78 is 23.6. The summed E-state index contributed by atoms with van der Waals surface area (Å²) >= 11 is 6.13. The minimum atomic E-state index is -3.29. The van der Waals surface area contributed by atoms with Crippen molar-refractivity contribution in [1.82, 2.24) is 10.2 Å². The second-order valence-corrected chi connectivity index (χ2v) is 10.6. The van der Waals surface area contributed by atoms with Gasteiger partial charge >= 0.3 is 0 Å². The topological polar surface area (TPSA) is 113 Å². The predicted octanol–water partition coefficient (Wildman–Crippen LogP) is 2.60. The van der Waals surface area contributed by atoms with Gasteiger partial charge in [0, 0.05) is 11.3 Å². The van der Waals surface area contributed by atoms with Crippen LogP contribution in [-0.2, 0) is 19.4 Å². The van der Waals surface area contributed by atoms with Gasteiger partial charge < -0.3 is 10.6 Å². The third-order valence-corrected chi connectivity index (χ3v) is 7.77. The van der Waals surface area contributed by atoms with E-state index < -0.39 is 27.7 Å². The van der Waals surface area contributed by atoms with Gasteiger partial charge in [-0.15, -0.1) is 0 Å². The van der Waals surface area contributed by atoms with Crippen LogP contribution in [-0.4, -0.2) is 48.6 Å². The van der Waals surface area contributed by atoms with Crippen LogP contribution in [0.15, 0.2) is 65.3 Å². The Bertz CT molecular complexity index is 1260. The van der Waals surface area contributed by atoms with Gasteiger partial charge in [-0.05, 0) is 37.1 Å². The molecular weight excluding hydrogens is 466 g/mol. The SMILES string of the molecule is CC(NC(=O)c1cccc(NC2=C(Cl)C(=O)N(C3CCS(=O)(=O)C3)C2=O)c1)c1ccccc1. The molecule has 0 saturated carbocycles. The highest BCUT2D eigenvalue weighted by Gasteiger charge is 2.45. The number of rotatable bonds is 6. The molecule has 1 fully saturated rings. The Kier molecular flexibility index (Phi) is 6.27. The molecule has 2 aromatic rings. The van der Waals surface area contributed by atoms with E-state index in [1.807, 2.05) is 37.3 Å². The van der Waals surface area contributed by atoms with Gasteiger partial charge in [-0.25, -0.2) is 8.42 Å². The lowest BCUT2D eigenvalue weighted by molar-refractivity contribution is -0.139. The molecule has 172 valence electrons. The van der Waals surface area contributed by atoms with Crippen molar-refractivity contribution in [2.24, 2.45) is 0 Å². The molecule has 2 heterocycles. The maximum absolute atomic E-state index is 12.9. The van der Waals surface area contributed by atoms with E-state index >= 15 is 0 Å². The molecule has 0 bridgehead atoms. The third kappa shape index (κ3) is 4.79. The second-order valence-electron chi connectivity index (χ2n) is 8.04. The van der Waals surface area contributed by atoms with Crippen LogP contribution in [0.4, 0.5) is 5.69 Å². The Labute approximate surface area is 196 Å². The van der Waals surface area contributed by atoms with Crippen LogP contribution in [0.25, 0.3) is 0 Å². The van der Waals surface area contributed by atoms with E-state index in [0.717, 1.165) is 10.5 Å². The zero-order valence-corrected chi connectivity index (χ0v) is 19.3. The van der Waals surface area contributed by atoms with E-state index in [-0.39, 0.29) is 40.6 Å². The lowest BCUT2D eigenvalue weighted by Gasteiger charge is -2.21. The molecule has 0 aromatic heterocycles. The number of imide groups is 1. The smallest absolute Gasteiger partial charge is 0.279 e. The maximum atomic E-state index is 12.9. The average Bonchev–Trinajstić information content (AvgIpc) is 3.25. The molecular formula is C23H22ClN3O5S. The Morgan fingerprint density at radius 1 is 1.09 bits per heavy atom. The van der Waals surface area contributed by atoms with Crippen molar-refractivity contribution in [2.75, 3.05) is 16.8 Å². The zero-order valence-electron chi connectivity index (χ0n) is 17.7. The molecule has 0 radical (unpaired) electrons. The van der Waals surface area contributed by atoms with Crippen molar-refractivity contribution < 1.29 is 22.8 Å². The first-order valence-corrected chi connectivity index (χ1v) is 12.6. The van der Waals surface area contributed by atoms with Crippen LogP contribution in [0, 0.1) is 0 Å². The summed E-state index contributed by atoms with van der Waals surface area (Å²) in [5, 5.41) is 5.44. The fourth-order valence-electron chi connectivity index (χ4n) is 3.93. The summed E-state index contributed by atoms with van der Waals surface area (Å²) in [6.45, 7) is 1.88. The van der Waals surface area contributed by atoms with Crippen LogP contribution in [0.1, 0.15) is 35.3 Å². The number of hydrogen-bond acceptors (Lipinski definition) is 6. The molecule has 3 amide bonds. The molecule has 2 atom stereocenters. The van der Waals surface area contributed by atoms with Crippen molar-refractivity contribution in [3.63, 3.8) is 0 Å². The molecule has 2 N–H and O–H groups in total. The maximum Gasteiger partial charge on any atom is 0.279 e. The number of halogens is 1. The standard InChI is InChI=1S/C23H22ClN3O5S/c1-14(15-6-3-2-4-7-15)25-21(28)16-8-5-9-17(12-16)26-20-19(24)22(29)27(23(20)30)18-10-11-33(31,32)13-18/h2-9,12,14,18,26H,10-11,13H2,1H3,(H,25,28). The van der Waals surface area contributed by atoms with Crippen LogP contribution in [0.2, 0.25) is 0 Å². The molecule has 2 aromatic carbocycles. The van der Waals surface area contributed by atoms with Crippen molar-refractivity contribution in [3.8, 4) is 0 Å². The normalized spacial score (nSPS) is 20.8. The molecule has 4 rings (SSSR count). The highest BCUT2D eigenvalue weighted by atomic mass is 35.5. The molecule has 0 aliphatic carbocycles. The monoisotopic (exact) mass is 487 g/mol. The number of hydrogen-bond donors (Lipinski definition) is 2. The van der Waals surface area contributed by atoms with Crippen LogP contribution >= 0.6 is 11.6 Å². The predicted molar refractivity (Wildman–Crippen MR) is 124 cm³/mol. The van der Waals surface area contributed by atoms with Gasteiger partial charge in [0.25, 0.3) is 17.7 Å². The van der Waals surface area contributed by atoms with E-state index in [1.54, 1.807) is 24.3 Å². The van der Waals surface area contributed by atoms with E-state index in [0.29, 0.717) is 11.3 Å². The summed E-state index contributed by atoms with van der Waals surface area (Å²) in [6, 6.07) is 15.0. The summed E-state index contributed by atoms with van der Waals surface area (Å²) in [7, 11) is -3.29. The number of anilines is 1. The Morgan fingerprint density at radius 2 is 1.82 bits per heavy atom. The molecule has 2 aliphatic rings. The van der Waals surface area contributed by atoms with Crippen LogP contribution < -0.4 is 10.6 Å². The van der Waals surface area contributed by atoms with E-state index in [2.05, 4.69) is 10.6 Å². The molecule has 8 nitrogen and oxygen atoms in total. The molecule has 0 spiro atoms. The summed E-state index contributed by atoms with van der Waals surface area (Å²) in [6.07, 6.45) is 0.187. The number of amides is 3. The first-order chi connectivity index (χ1) is 15.7. The quantitative estimate of drug-likeness (QED) is 0.605. The van der Waals surface area contributed by atoms with Crippen molar-refractivity contribution in [2.45, 2.75) is 25.4 Å². The van der Waals surface area contributed by atoms with Gasteiger partial charge in [-0.2, -0.15) is 0 Å². The Morgan fingerprint density at radius 3 is 2.48 bits per heavy atom. The van der Waals surface area contributed by atoms with Gasteiger partial charge in [0.15, 0.2) is 9.84 Å². The van der Waals surface area contributed by atoms with Gasteiger partial charge in [-0.1, -0.05) is 48.0 Å². The number of benzene rings is 2. The number of nitrogens with zero attached hydrogens (tertiary/aromatic N) is 1. The summed E-state index contributed by atoms with van der Waals surface area (Å²) in [4.78, 5) is 39.1. The lowest BCUT2D eigenvalue weighted by atomic mass is 10.1. The summed E-state index contributed by atoms with van der Waals surface area (Å²) in [5.41, 5.74) is 1.57. The fraction of sp³-hybridized carbons (Fsp3) is 0.261. The number of carbonyl (C=O) groups excluding carboxylic acids is 3. The minimum Gasteiger partial charge on any atom is -0.350 e. The highest BCUT2D eigenvalue weighted by molar-refractivity contribution is 7.91. The zero-order chi connectivity index (χ0) is 23.8. The number of carbonyl (C=O) groups is 3. The van der Waals surface area contributed by atoms with E-state index in [1.165, 1.54) is 0 Å². The van der Waals surface area contributed by atoms with Gasteiger partial charge in [-0.3, -0.25) is 19.3 Å². The highest BCUT2D eigenvalue weighted by Crippen LogP contribution is 2.30. The molecule has 10 heteroatoms. The van der Waals surface area contributed by atoms with E-state index in [9.17, 15) is 22.8 Å². The molecule has 2 unspecified atom stereocenters. The second kappa shape index (κ2) is 8.99. The third-order valence-electron chi connectivity index (χ3n) is 5.67. The fourth-order valence-corrected chi connectivity index (χ4v) is 5.84. The minimum absolute atomic E-state index is 0.0757. The van der Waals surface area contributed by atoms with Crippen LogP contribution in [0.5, 0.6) is 0 Å². The van der Waals surface area contributed by atoms with Gasteiger partial charge in [0.1, 0.15) is 10.7 Å². The average molecular weight is 488 g/mol. The van der Waals surface area contributed by atoms with Gasteiger partial charge in [0.2, 0.25) is 0 Å². The lowest BCUT2D eigenvalue weighted by Crippen LogP contribution is -2.42. The first-order valence-electron chi connectivity index (χ1n) is 10.4. The van der Waals surface area contributed by atoms with Crippen molar-refractivity contribution in [1.29, 1.82) is 0 Å². The molecule has 2 aliphatic heterocycles. The van der Waals surface area contributed by atoms with E-state index in [4.69, 9.17) is 11.6 Å². The largest absolute Gasteiger partial charge is 0.350 e. The van der Waals surface area contributed by atoms with Gasteiger partial charge in [0.05, 0.1) is 23.6 Å². The van der Waals surface area contributed by atoms with Crippen LogP contribution in [0.3, 0.4) is 0 Å². The summed E-state index contributed by atoms with van der Waals surface area (Å²) in [5.74, 6) is -2.05.